The predicted octanol–water partition coefficient (Wildman–Crippen LogP) is 4.34. The molecule has 8 nitrogen and oxygen atoms in total. The number of para-hydroxylation sites is 1. The van der Waals surface area contributed by atoms with Crippen LogP contribution in [-0.2, 0) is 14.3 Å². The minimum Gasteiger partial charge on any atom is -0.496 e. The fourth-order valence-corrected chi connectivity index (χ4v) is 6.04. The first-order chi connectivity index (χ1) is 19.4. The number of hydrogen-bond acceptors (Lipinski definition) is 6. The van der Waals surface area contributed by atoms with Crippen LogP contribution in [0.3, 0.4) is 0 Å². The number of hydrogen-bond donors (Lipinski definition) is 0. The quantitative estimate of drug-likeness (QED) is 0.468. The van der Waals surface area contributed by atoms with E-state index in [1.54, 1.807) is 17.0 Å². The van der Waals surface area contributed by atoms with Crippen molar-refractivity contribution in [1.82, 2.24) is 14.8 Å². The lowest BCUT2D eigenvalue weighted by Crippen LogP contribution is -2.48. The number of hydrazone groups is 1. The van der Waals surface area contributed by atoms with Gasteiger partial charge in [-0.1, -0.05) is 43.2 Å². The van der Waals surface area contributed by atoms with E-state index in [1.807, 2.05) is 24.3 Å². The minimum absolute atomic E-state index is 0.00989. The molecule has 0 bridgehead atoms. The highest BCUT2D eigenvalue weighted by Crippen LogP contribution is 2.38. The zero-order valence-corrected chi connectivity index (χ0v) is 24.1. The molecule has 1 atom stereocenters. The predicted molar refractivity (Wildman–Crippen MR) is 155 cm³/mol. The second kappa shape index (κ2) is 13.0. The van der Waals surface area contributed by atoms with Gasteiger partial charge in [-0.15, -0.1) is 0 Å². The molecule has 2 aliphatic heterocycles. The molecule has 8 heteroatoms. The van der Waals surface area contributed by atoms with Crippen molar-refractivity contribution in [2.24, 2.45) is 11.0 Å². The number of amides is 2. The van der Waals surface area contributed by atoms with E-state index in [9.17, 15) is 9.59 Å². The van der Waals surface area contributed by atoms with Gasteiger partial charge in [0.2, 0.25) is 5.91 Å². The average molecular weight is 547 g/mol. The molecule has 3 aliphatic rings. The number of methoxy groups -OCH3 is 1. The molecule has 2 aromatic carbocycles. The van der Waals surface area contributed by atoms with Crippen LogP contribution in [0, 0.1) is 19.8 Å². The van der Waals surface area contributed by atoms with E-state index < -0.39 is 0 Å². The van der Waals surface area contributed by atoms with Crippen LogP contribution in [0.1, 0.15) is 60.4 Å². The van der Waals surface area contributed by atoms with Crippen LogP contribution in [0.5, 0.6) is 5.75 Å². The van der Waals surface area contributed by atoms with Gasteiger partial charge < -0.3 is 14.4 Å². The van der Waals surface area contributed by atoms with Crippen LogP contribution in [0.25, 0.3) is 0 Å². The van der Waals surface area contributed by atoms with Crippen molar-refractivity contribution in [3.63, 3.8) is 0 Å². The maximum absolute atomic E-state index is 14.1. The Labute approximate surface area is 237 Å². The Morgan fingerprint density at radius 3 is 2.52 bits per heavy atom. The fourth-order valence-electron chi connectivity index (χ4n) is 6.04. The Bertz CT molecular complexity index is 1230. The number of carbonyl (C=O) groups is 2. The highest BCUT2D eigenvalue weighted by atomic mass is 16.5. The molecular weight excluding hydrogens is 504 g/mol. The maximum atomic E-state index is 14.1. The minimum atomic E-state index is -0.303. The molecule has 2 aromatic rings. The van der Waals surface area contributed by atoms with Gasteiger partial charge in [0.25, 0.3) is 5.91 Å². The van der Waals surface area contributed by atoms with Gasteiger partial charge in [0.15, 0.2) is 0 Å². The first-order valence-electron chi connectivity index (χ1n) is 14.6. The summed E-state index contributed by atoms with van der Waals surface area (Å²) in [5.41, 5.74) is 5.22. The van der Waals surface area contributed by atoms with Gasteiger partial charge >= 0.3 is 0 Å². The Hall–Kier alpha value is -3.23. The van der Waals surface area contributed by atoms with Gasteiger partial charge in [0.05, 0.1) is 32.1 Å². The Kier molecular flexibility index (Phi) is 9.17. The van der Waals surface area contributed by atoms with Gasteiger partial charge in [-0.3, -0.25) is 14.5 Å². The molecular formula is C32H42N4O4. The van der Waals surface area contributed by atoms with Crippen molar-refractivity contribution in [1.29, 1.82) is 0 Å². The van der Waals surface area contributed by atoms with Gasteiger partial charge in [-0.25, -0.2) is 5.01 Å². The second-order valence-corrected chi connectivity index (χ2v) is 11.2. The molecule has 1 aliphatic carbocycles. The zero-order valence-electron chi connectivity index (χ0n) is 24.1. The molecule has 1 saturated heterocycles. The number of carbonyl (C=O) groups excluding carboxylic acids is 2. The van der Waals surface area contributed by atoms with Crippen molar-refractivity contribution in [2.75, 3.05) is 53.0 Å². The molecule has 40 heavy (non-hydrogen) atoms. The molecule has 2 fully saturated rings. The maximum Gasteiger partial charge on any atom is 0.262 e. The van der Waals surface area contributed by atoms with Crippen LogP contribution in [0.2, 0.25) is 0 Å². The Balaban J connectivity index is 1.41. The zero-order chi connectivity index (χ0) is 28.1. The third kappa shape index (κ3) is 6.39. The largest absolute Gasteiger partial charge is 0.496 e. The van der Waals surface area contributed by atoms with Gasteiger partial charge in [-0.05, 0) is 55.5 Å². The molecule has 2 heterocycles. The molecule has 0 N–H and O–H groups in total. The lowest BCUT2D eigenvalue weighted by molar-refractivity contribution is -0.144. The lowest BCUT2D eigenvalue weighted by atomic mass is 9.96. The topological polar surface area (TPSA) is 74.7 Å². The number of nitrogens with zero attached hydrogens (tertiary/aromatic N) is 4. The Morgan fingerprint density at radius 2 is 1.80 bits per heavy atom. The number of ether oxygens (including phenoxy) is 2. The van der Waals surface area contributed by atoms with E-state index in [2.05, 4.69) is 36.9 Å². The highest BCUT2D eigenvalue weighted by molar-refractivity contribution is 6.03. The summed E-state index contributed by atoms with van der Waals surface area (Å²) in [6, 6.07) is 13.8. The van der Waals surface area contributed by atoms with Crippen molar-refractivity contribution in [3.05, 3.63) is 64.7 Å². The SMILES string of the molecule is COc1ccccc1[C@@H]1CC(c2ccc(C)c(C)c2)=NN1C(=O)CN(CCN1CCOCC1)C(=O)C1CCCC1. The van der Waals surface area contributed by atoms with Crippen molar-refractivity contribution in [2.45, 2.75) is 52.0 Å². The summed E-state index contributed by atoms with van der Waals surface area (Å²) in [6.45, 7) is 8.60. The normalized spacial score (nSPS) is 20.0. The van der Waals surface area contributed by atoms with E-state index in [0.717, 1.165) is 67.9 Å². The number of benzene rings is 2. The third-order valence-corrected chi connectivity index (χ3v) is 8.64. The van der Waals surface area contributed by atoms with E-state index in [4.69, 9.17) is 14.6 Å². The van der Waals surface area contributed by atoms with Crippen LogP contribution in [-0.4, -0.2) is 85.4 Å². The fraction of sp³-hybridized carbons (Fsp3) is 0.531. The molecule has 0 aromatic heterocycles. The van der Waals surface area contributed by atoms with Crippen LogP contribution < -0.4 is 4.74 Å². The molecule has 0 unspecified atom stereocenters. The molecule has 0 radical (unpaired) electrons. The summed E-state index contributed by atoms with van der Waals surface area (Å²) < 4.78 is 11.2. The number of morpholine rings is 1. The summed E-state index contributed by atoms with van der Waals surface area (Å²) in [7, 11) is 1.65. The summed E-state index contributed by atoms with van der Waals surface area (Å²) >= 11 is 0. The molecule has 1 saturated carbocycles. The first-order valence-corrected chi connectivity index (χ1v) is 14.6. The highest BCUT2D eigenvalue weighted by Gasteiger charge is 2.37. The molecule has 214 valence electrons. The number of aryl methyl sites for hydroxylation is 2. The molecule has 0 spiro atoms. The molecule has 5 rings (SSSR count). The monoisotopic (exact) mass is 546 g/mol. The average Bonchev–Trinajstić information content (AvgIpc) is 3.68. The van der Waals surface area contributed by atoms with Gasteiger partial charge in [0.1, 0.15) is 12.3 Å². The van der Waals surface area contributed by atoms with E-state index >= 15 is 0 Å². The summed E-state index contributed by atoms with van der Waals surface area (Å²) in [6.07, 6.45) is 4.55. The lowest BCUT2D eigenvalue weighted by Gasteiger charge is -2.32. The van der Waals surface area contributed by atoms with E-state index in [0.29, 0.717) is 26.2 Å². The van der Waals surface area contributed by atoms with Gasteiger partial charge in [0, 0.05) is 44.1 Å². The van der Waals surface area contributed by atoms with Crippen LogP contribution in [0.4, 0.5) is 0 Å². The van der Waals surface area contributed by atoms with E-state index in [-0.39, 0.29) is 30.3 Å². The van der Waals surface area contributed by atoms with Crippen LogP contribution >= 0.6 is 0 Å². The van der Waals surface area contributed by atoms with Crippen molar-refractivity contribution < 1.29 is 19.1 Å². The van der Waals surface area contributed by atoms with Crippen molar-refractivity contribution >= 4 is 17.5 Å². The standard InChI is InChI=1S/C32H42N4O4/c1-23-12-13-26(20-24(23)2)28-21-29(27-10-6-7-11-30(27)39-3)36(33-28)31(37)22-35(32(38)25-8-4-5-9-25)15-14-34-16-18-40-19-17-34/h6-7,10-13,20,25,29H,4-5,8-9,14-19,21-22H2,1-3H3/t29-/m0/s1. The van der Waals surface area contributed by atoms with Crippen molar-refractivity contribution in [3.8, 4) is 5.75 Å². The summed E-state index contributed by atoms with van der Waals surface area (Å²) in [5, 5.41) is 6.51. The summed E-state index contributed by atoms with van der Waals surface area (Å²) in [4.78, 5) is 31.8. The second-order valence-electron chi connectivity index (χ2n) is 11.2. The van der Waals surface area contributed by atoms with Gasteiger partial charge in [-0.2, -0.15) is 5.10 Å². The Morgan fingerprint density at radius 1 is 1.05 bits per heavy atom. The van der Waals surface area contributed by atoms with E-state index in [1.165, 1.54) is 11.1 Å². The smallest absolute Gasteiger partial charge is 0.262 e. The number of rotatable bonds is 9. The third-order valence-electron chi connectivity index (χ3n) is 8.64. The molecule has 2 amide bonds. The van der Waals surface area contributed by atoms with Crippen LogP contribution in [0.15, 0.2) is 47.6 Å². The first kappa shape index (κ1) is 28.3. The summed E-state index contributed by atoms with van der Waals surface area (Å²) in [5.74, 6) is 0.678.